The molecule has 0 aliphatic carbocycles. The maximum absolute atomic E-state index is 10.7. The number of unbranched alkanes of at least 4 members (excludes halogenated alkanes) is 9. The van der Waals surface area contributed by atoms with Gasteiger partial charge in [-0.2, -0.15) is 8.42 Å². The predicted octanol–water partition coefficient (Wildman–Crippen LogP) is 2.43. The number of aliphatic hydroxyl groups excluding tert-OH is 1. The van der Waals surface area contributed by atoms with Crippen molar-refractivity contribution in [2.45, 2.75) is 83.3 Å². The average molecular weight is 370 g/mol. The van der Waals surface area contributed by atoms with E-state index in [9.17, 15) is 13.5 Å². The molecule has 0 aromatic carbocycles. The second-order valence-corrected chi connectivity index (χ2v) is 7.12. The van der Waals surface area contributed by atoms with Crippen LogP contribution in [-0.4, -0.2) is 50.0 Å². The van der Waals surface area contributed by atoms with Gasteiger partial charge in [-0.3, -0.25) is 4.55 Å². The fourth-order valence-electron chi connectivity index (χ4n) is 2.51. The van der Waals surface area contributed by atoms with E-state index >= 15 is 0 Å². The first-order valence-corrected chi connectivity index (χ1v) is 10.4. The molecule has 0 aromatic rings. The van der Waals surface area contributed by atoms with Crippen molar-refractivity contribution in [3.05, 3.63) is 0 Å². The van der Waals surface area contributed by atoms with Gasteiger partial charge in [0.2, 0.25) is 0 Å². The van der Waals surface area contributed by atoms with Crippen molar-refractivity contribution in [2.24, 2.45) is 5.73 Å². The lowest BCUT2D eigenvalue weighted by atomic mass is 10.1. The molecule has 8 heteroatoms. The Balaban J connectivity index is 3.69. The van der Waals surface area contributed by atoms with Crippen LogP contribution in [0.5, 0.6) is 0 Å². The lowest BCUT2D eigenvalue weighted by Gasteiger charge is -2.23. The van der Waals surface area contributed by atoms with Crippen LogP contribution in [0.15, 0.2) is 0 Å². The number of aliphatic hydroxyl groups is 1. The zero-order valence-electron chi connectivity index (χ0n) is 14.9. The van der Waals surface area contributed by atoms with Crippen molar-refractivity contribution in [3.8, 4) is 0 Å². The van der Waals surface area contributed by atoms with E-state index < -0.39 is 29.2 Å². The maximum atomic E-state index is 10.7. The van der Waals surface area contributed by atoms with Gasteiger partial charge in [-0.15, -0.1) is 0 Å². The van der Waals surface area contributed by atoms with Crippen LogP contribution in [0.25, 0.3) is 0 Å². The maximum Gasteiger partial charge on any atom is 0.397 e. The highest BCUT2D eigenvalue weighted by molar-refractivity contribution is 7.80. The van der Waals surface area contributed by atoms with Crippen LogP contribution in [0.1, 0.15) is 71.1 Å². The van der Waals surface area contributed by atoms with Crippen molar-refractivity contribution in [3.63, 3.8) is 0 Å². The SMILES string of the molecule is CCCCCCCCCCCCOC(CO)C(CN)OS(=O)(=O)O. The first-order chi connectivity index (χ1) is 11.4. The van der Waals surface area contributed by atoms with Gasteiger partial charge in [-0.25, -0.2) is 4.18 Å². The van der Waals surface area contributed by atoms with Crippen LogP contribution in [-0.2, 0) is 19.3 Å². The minimum atomic E-state index is -4.62. The van der Waals surface area contributed by atoms with E-state index in [1.807, 2.05) is 0 Å². The molecule has 24 heavy (non-hydrogen) atoms. The predicted molar refractivity (Wildman–Crippen MR) is 94.1 cm³/mol. The summed E-state index contributed by atoms with van der Waals surface area (Å²) in [6, 6.07) is 0. The van der Waals surface area contributed by atoms with Gasteiger partial charge in [-0.1, -0.05) is 64.7 Å². The Bertz CT molecular complexity index is 377. The van der Waals surface area contributed by atoms with Gasteiger partial charge >= 0.3 is 10.4 Å². The lowest BCUT2D eigenvalue weighted by Crippen LogP contribution is -2.41. The van der Waals surface area contributed by atoms with Crippen LogP contribution in [0, 0.1) is 0 Å². The summed E-state index contributed by atoms with van der Waals surface area (Å²) in [5.41, 5.74) is 5.39. The van der Waals surface area contributed by atoms with Crippen molar-refractivity contribution in [1.82, 2.24) is 0 Å². The Hall–Kier alpha value is -0.250. The molecular weight excluding hydrogens is 334 g/mol. The average Bonchev–Trinajstić information content (AvgIpc) is 2.53. The summed E-state index contributed by atoms with van der Waals surface area (Å²) >= 11 is 0. The Labute approximate surface area is 146 Å². The highest BCUT2D eigenvalue weighted by Crippen LogP contribution is 2.11. The van der Waals surface area contributed by atoms with E-state index in [-0.39, 0.29) is 6.54 Å². The molecule has 0 radical (unpaired) electrons. The zero-order chi connectivity index (χ0) is 18.3. The van der Waals surface area contributed by atoms with Crippen molar-refractivity contribution < 1.29 is 27.0 Å². The number of nitrogens with two attached hydrogens (primary N) is 1. The van der Waals surface area contributed by atoms with E-state index in [4.69, 9.17) is 15.0 Å². The third-order valence-corrected chi connectivity index (χ3v) is 4.39. The molecule has 0 rings (SSSR count). The summed E-state index contributed by atoms with van der Waals surface area (Å²) in [7, 11) is -4.62. The van der Waals surface area contributed by atoms with E-state index in [2.05, 4.69) is 11.1 Å². The molecular formula is C16H35NO6S. The second-order valence-electron chi connectivity index (χ2n) is 6.07. The molecule has 0 fully saturated rings. The van der Waals surface area contributed by atoms with E-state index in [1.54, 1.807) is 0 Å². The Morgan fingerprint density at radius 3 is 1.83 bits per heavy atom. The Kier molecular flexibility index (Phi) is 14.9. The molecule has 2 atom stereocenters. The second kappa shape index (κ2) is 15.0. The van der Waals surface area contributed by atoms with Gasteiger partial charge in [0, 0.05) is 13.2 Å². The van der Waals surface area contributed by atoms with Crippen LogP contribution >= 0.6 is 0 Å². The largest absolute Gasteiger partial charge is 0.397 e. The van der Waals surface area contributed by atoms with Crippen molar-refractivity contribution in [1.29, 1.82) is 0 Å². The summed E-state index contributed by atoms with van der Waals surface area (Å²) in [6.07, 6.45) is 10.1. The zero-order valence-corrected chi connectivity index (χ0v) is 15.7. The Morgan fingerprint density at radius 1 is 0.917 bits per heavy atom. The number of rotatable bonds is 17. The number of ether oxygens (including phenoxy) is 1. The summed E-state index contributed by atoms with van der Waals surface area (Å²) in [5.74, 6) is 0. The molecule has 7 nitrogen and oxygen atoms in total. The molecule has 4 N–H and O–H groups in total. The Morgan fingerprint density at radius 2 is 1.42 bits per heavy atom. The fourth-order valence-corrected chi connectivity index (χ4v) is 3.03. The summed E-state index contributed by atoms with van der Waals surface area (Å²) in [5, 5.41) is 9.25. The van der Waals surface area contributed by atoms with Crippen LogP contribution in [0.3, 0.4) is 0 Å². The van der Waals surface area contributed by atoms with E-state index in [0.717, 1.165) is 19.3 Å². The lowest BCUT2D eigenvalue weighted by molar-refractivity contribution is -0.0519. The van der Waals surface area contributed by atoms with E-state index in [0.29, 0.717) is 6.61 Å². The molecule has 0 amide bonds. The van der Waals surface area contributed by atoms with Gasteiger partial charge in [0.05, 0.1) is 6.61 Å². The summed E-state index contributed by atoms with van der Waals surface area (Å²) in [4.78, 5) is 0. The molecule has 0 spiro atoms. The molecule has 0 bridgehead atoms. The molecule has 0 saturated heterocycles. The molecule has 0 saturated carbocycles. The third-order valence-electron chi connectivity index (χ3n) is 3.90. The number of hydrogen-bond acceptors (Lipinski definition) is 6. The quantitative estimate of drug-likeness (QED) is 0.266. The molecule has 0 aliphatic rings. The van der Waals surface area contributed by atoms with Crippen LogP contribution < -0.4 is 5.73 Å². The summed E-state index contributed by atoms with van der Waals surface area (Å²) in [6.45, 7) is 2.01. The number of hydrogen-bond donors (Lipinski definition) is 3. The summed E-state index contributed by atoms with van der Waals surface area (Å²) < 4.78 is 40.0. The van der Waals surface area contributed by atoms with Gasteiger partial charge < -0.3 is 15.6 Å². The minimum absolute atomic E-state index is 0.178. The molecule has 2 unspecified atom stereocenters. The third kappa shape index (κ3) is 14.1. The van der Waals surface area contributed by atoms with Gasteiger partial charge in [-0.05, 0) is 6.42 Å². The highest BCUT2D eigenvalue weighted by atomic mass is 32.3. The van der Waals surface area contributed by atoms with Crippen LogP contribution in [0.4, 0.5) is 0 Å². The smallest absolute Gasteiger partial charge is 0.394 e. The van der Waals surface area contributed by atoms with E-state index in [1.165, 1.54) is 44.9 Å². The molecule has 0 aromatic heterocycles. The molecule has 0 aliphatic heterocycles. The topological polar surface area (TPSA) is 119 Å². The van der Waals surface area contributed by atoms with Gasteiger partial charge in [0.25, 0.3) is 0 Å². The fraction of sp³-hybridized carbons (Fsp3) is 1.00. The monoisotopic (exact) mass is 369 g/mol. The standard InChI is InChI=1S/C16H35NO6S/c1-2-3-4-5-6-7-8-9-10-11-12-22-16(14-18)15(13-17)23-24(19,20)21/h15-16,18H,2-14,17H2,1H3,(H,19,20,21). The highest BCUT2D eigenvalue weighted by Gasteiger charge is 2.25. The normalized spacial score (nSPS) is 14.7. The van der Waals surface area contributed by atoms with Crippen LogP contribution in [0.2, 0.25) is 0 Å². The minimum Gasteiger partial charge on any atom is -0.394 e. The van der Waals surface area contributed by atoms with Gasteiger partial charge in [0.15, 0.2) is 0 Å². The van der Waals surface area contributed by atoms with Gasteiger partial charge in [0.1, 0.15) is 12.2 Å². The van der Waals surface area contributed by atoms with Crippen molar-refractivity contribution >= 4 is 10.4 Å². The first-order valence-electron chi connectivity index (χ1n) is 9.02. The van der Waals surface area contributed by atoms with Crippen molar-refractivity contribution in [2.75, 3.05) is 19.8 Å². The first kappa shape index (κ1) is 23.8. The molecule has 146 valence electrons. The molecule has 0 heterocycles.